The zero-order chi connectivity index (χ0) is 25.5. The molecule has 4 aromatic rings. The second kappa shape index (κ2) is 12.2. The van der Waals surface area contributed by atoms with Gasteiger partial charge in [-0.1, -0.05) is 35.0 Å². The molecule has 2 aromatic heterocycles. The van der Waals surface area contributed by atoms with Crippen LogP contribution in [0.5, 0.6) is 5.75 Å². The molecule has 2 aromatic carbocycles. The first-order chi connectivity index (χ1) is 17.4. The summed E-state index contributed by atoms with van der Waals surface area (Å²) in [4.78, 5) is 29.1. The summed E-state index contributed by atoms with van der Waals surface area (Å²) in [5, 5.41) is 17.5. The van der Waals surface area contributed by atoms with Gasteiger partial charge in [0, 0.05) is 22.3 Å². The fourth-order valence-electron chi connectivity index (χ4n) is 3.12. The van der Waals surface area contributed by atoms with Gasteiger partial charge in [-0.2, -0.15) is 0 Å². The highest BCUT2D eigenvalue weighted by atomic mass is 35.5. The second-order valence-electron chi connectivity index (χ2n) is 7.14. The first-order valence-electron chi connectivity index (χ1n) is 10.7. The predicted octanol–water partition coefficient (Wildman–Crippen LogP) is 5.09. The number of thiazole rings is 1. The number of anilines is 1. The molecule has 13 heteroatoms. The van der Waals surface area contributed by atoms with Crippen LogP contribution in [0.25, 0.3) is 5.69 Å². The maximum atomic E-state index is 12.7. The third-order valence-corrected chi connectivity index (χ3v) is 6.87. The predicted molar refractivity (Wildman–Crippen MR) is 142 cm³/mol. The lowest BCUT2D eigenvalue weighted by atomic mass is 10.2. The number of hydrogen-bond donors (Lipinski definition) is 2. The molecule has 2 N–H and O–H groups in total. The second-order valence-corrected chi connectivity index (χ2v) is 9.82. The van der Waals surface area contributed by atoms with E-state index in [1.807, 2.05) is 31.2 Å². The first kappa shape index (κ1) is 26.0. The van der Waals surface area contributed by atoms with Crippen molar-refractivity contribution in [2.24, 2.45) is 0 Å². The van der Waals surface area contributed by atoms with Crippen molar-refractivity contribution in [3.63, 3.8) is 0 Å². The number of rotatable bonds is 10. The summed E-state index contributed by atoms with van der Waals surface area (Å²) in [5.41, 5.74) is 1.04. The van der Waals surface area contributed by atoms with Crippen LogP contribution in [-0.2, 0) is 11.3 Å². The van der Waals surface area contributed by atoms with Crippen LogP contribution in [-0.4, -0.2) is 43.9 Å². The van der Waals surface area contributed by atoms with Crippen molar-refractivity contribution in [3.05, 3.63) is 75.5 Å². The minimum absolute atomic E-state index is 0.0733. The molecule has 0 radical (unpaired) electrons. The summed E-state index contributed by atoms with van der Waals surface area (Å²) in [6, 6.07) is 12.0. The van der Waals surface area contributed by atoms with Crippen LogP contribution in [0.4, 0.5) is 5.13 Å². The molecule has 36 heavy (non-hydrogen) atoms. The molecule has 0 spiro atoms. The monoisotopic (exact) mass is 562 g/mol. The third-order valence-electron chi connectivity index (χ3n) is 4.70. The Morgan fingerprint density at radius 3 is 2.64 bits per heavy atom. The Hall–Kier alpha value is -3.12. The smallest absolute Gasteiger partial charge is 0.253 e. The summed E-state index contributed by atoms with van der Waals surface area (Å²) < 4.78 is 7.31. The van der Waals surface area contributed by atoms with E-state index >= 15 is 0 Å². The highest BCUT2D eigenvalue weighted by molar-refractivity contribution is 7.99. The van der Waals surface area contributed by atoms with Crippen LogP contribution in [0, 0.1) is 0 Å². The fraction of sp³-hybridized carbons (Fsp3) is 0.174. The summed E-state index contributed by atoms with van der Waals surface area (Å²) in [7, 11) is 0. The van der Waals surface area contributed by atoms with Gasteiger partial charge in [-0.25, -0.2) is 4.98 Å². The maximum Gasteiger partial charge on any atom is 0.253 e. The fourth-order valence-corrected chi connectivity index (χ4v) is 4.93. The Morgan fingerprint density at radius 2 is 1.94 bits per heavy atom. The summed E-state index contributed by atoms with van der Waals surface area (Å²) in [6.07, 6.45) is 1.62. The maximum absolute atomic E-state index is 12.7. The van der Waals surface area contributed by atoms with Crippen LogP contribution >= 0.6 is 46.3 Å². The molecule has 0 fully saturated rings. The molecule has 0 unspecified atom stereocenters. The van der Waals surface area contributed by atoms with Crippen molar-refractivity contribution in [1.82, 2.24) is 25.1 Å². The Labute approximate surface area is 225 Å². The molecule has 0 atom stereocenters. The van der Waals surface area contributed by atoms with Crippen LogP contribution in [0.1, 0.15) is 23.1 Å². The lowest BCUT2D eigenvalue weighted by Crippen LogP contribution is -2.25. The number of thioether (sulfide) groups is 1. The van der Waals surface area contributed by atoms with E-state index < -0.39 is 0 Å². The molecular formula is C23H20Cl2N6O3S2. The molecule has 0 saturated heterocycles. The summed E-state index contributed by atoms with van der Waals surface area (Å²) in [5.74, 6) is 0.693. The van der Waals surface area contributed by atoms with Crippen molar-refractivity contribution < 1.29 is 14.3 Å². The minimum Gasteiger partial charge on any atom is -0.494 e. The normalized spacial score (nSPS) is 10.8. The van der Waals surface area contributed by atoms with E-state index in [9.17, 15) is 9.59 Å². The van der Waals surface area contributed by atoms with Crippen molar-refractivity contribution >= 4 is 63.2 Å². The number of carbonyl (C=O) groups excluding carboxylic acids is 2. The van der Waals surface area contributed by atoms with E-state index in [1.54, 1.807) is 28.3 Å². The average Bonchev–Trinajstić information content (AvgIpc) is 3.52. The molecule has 0 bridgehead atoms. The Kier molecular flexibility index (Phi) is 8.81. The Balaban J connectivity index is 1.53. The highest BCUT2D eigenvalue weighted by Crippen LogP contribution is 2.25. The van der Waals surface area contributed by atoms with Crippen molar-refractivity contribution in [3.8, 4) is 11.4 Å². The molecule has 0 saturated carbocycles. The minimum atomic E-state index is -0.380. The first-order valence-corrected chi connectivity index (χ1v) is 13.3. The lowest BCUT2D eigenvalue weighted by molar-refractivity contribution is -0.113. The third kappa shape index (κ3) is 6.55. The van der Waals surface area contributed by atoms with Gasteiger partial charge in [-0.05, 0) is 49.4 Å². The number of ether oxygens (including phenoxy) is 1. The van der Waals surface area contributed by atoms with Crippen molar-refractivity contribution in [1.29, 1.82) is 0 Å². The molecule has 0 aliphatic heterocycles. The van der Waals surface area contributed by atoms with Gasteiger partial charge in [0.1, 0.15) is 5.75 Å². The van der Waals surface area contributed by atoms with Gasteiger partial charge in [0.15, 0.2) is 16.1 Å². The van der Waals surface area contributed by atoms with E-state index in [0.29, 0.717) is 33.3 Å². The molecule has 0 aliphatic carbocycles. The SMILES string of the molecule is CCOc1ccc(-n2c(CNC(=O)c3ccc(Cl)cc3Cl)nnc2SCC(=O)Nc2nccs2)cc1. The quantitative estimate of drug-likeness (QED) is 0.259. The zero-order valence-electron chi connectivity index (χ0n) is 18.9. The van der Waals surface area contributed by atoms with Crippen LogP contribution in [0.15, 0.2) is 59.2 Å². The van der Waals surface area contributed by atoms with Gasteiger partial charge in [0.2, 0.25) is 5.91 Å². The standard InChI is InChI=1S/C23H20Cl2N6O3S2/c1-2-34-16-6-4-15(5-7-16)31-19(12-27-21(33)17-8-3-14(24)11-18(17)25)29-30-23(31)36-13-20(32)28-22-26-9-10-35-22/h3-11H,2,12-13H2,1H3,(H,27,33)(H,26,28,32). The molecule has 9 nitrogen and oxygen atoms in total. The topological polar surface area (TPSA) is 111 Å². The molecule has 2 heterocycles. The number of benzene rings is 2. The summed E-state index contributed by atoms with van der Waals surface area (Å²) in [6.45, 7) is 2.53. The number of carbonyl (C=O) groups is 2. The van der Waals surface area contributed by atoms with Gasteiger partial charge in [0.25, 0.3) is 5.91 Å². The zero-order valence-corrected chi connectivity index (χ0v) is 22.0. The van der Waals surface area contributed by atoms with E-state index in [0.717, 1.165) is 11.4 Å². The number of nitrogens with zero attached hydrogens (tertiary/aromatic N) is 4. The van der Waals surface area contributed by atoms with Crippen LogP contribution in [0.2, 0.25) is 10.0 Å². The van der Waals surface area contributed by atoms with E-state index in [4.69, 9.17) is 27.9 Å². The van der Waals surface area contributed by atoms with E-state index in [2.05, 4.69) is 25.8 Å². The van der Waals surface area contributed by atoms with Crippen molar-refractivity contribution in [2.75, 3.05) is 17.7 Å². The Morgan fingerprint density at radius 1 is 1.14 bits per heavy atom. The molecule has 4 rings (SSSR count). The van der Waals surface area contributed by atoms with Gasteiger partial charge < -0.3 is 15.4 Å². The van der Waals surface area contributed by atoms with Gasteiger partial charge in [-0.3, -0.25) is 14.2 Å². The van der Waals surface area contributed by atoms with Gasteiger partial charge in [-0.15, -0.1) is 21.5 Å². The van der Waals surface area contributed by atoms with Crippen LogP contribution in [0.3, 0.4) is 0 Å². The number of amides is 2. The molecule has 0 aliphatic rings. The number of halogens is 2. The van der Waals surface area contributed by atoms with Crippen LogP contribution < -0.4 is 15.4 Å². The van der Waals surface area contributed by atoms with E-state index in [-0.39, 0.29) is 29.1 Å². The molecular weight excluding hydrogens is 543 g/mol. The lowest BCUT2D eigenvalue weighted by Gasteiger charge is -2.12. The van der Waals surface area contributed by atoms with Gasteiger partial charge >= 0.3 is 0 Å². The highest BCUT2D eigenvalue weighted by Gasteiger charge is 2.18. The number of nitrogens with one attached hydrogen (secondary N) is 2. The number of aromatic nitrogens is 4. The van der Waals surface area contributed by atoms with E-state index in [1.165, 1.54) is 29.2 Å². The largest absolute Gasteiger partial charge is 0.494 e. The Bertz CT molecular complexity index is 1350. The van der Waals surface area contributed by atoms with Gasteiger partial charge in [0.05, 0.1) is 29.5 Å². The number of hydrogen-bond acceptors (Lipinski definition) is 8. The summed E-state index contributed by atoms with van der Waals surface area (Å²) >= 11 is 14.6. The van der Waals surface area contributed by atoms with Crippen molar-refractivity contribution in [2.45, 2.75) is 18.6 Å². The average molecular weight is 563 g/mol. The molecule has 2 amide bonds. The molecule has 186 valence electrons.